The van der Waals surface area contributed by atoms with E-state index in [1.807, 2.05) is 0 Å². The average molecular weight is 147 g/mol. The lowest BCUT2D eigenvalue weighted by atomic mass is 9.97. The van der Waals surface area contributed by atoms with Crippen LogP contribution in [0.3, 0.4) is 0 Å². The molecule has 0 aromatic rings. The molecular weight excluding hydrogens is 134 g/mol. The summed E-state index contributed by atoms with van der Waals surface area (Å²) >= 11 is 0. The van der Waals surface area contributed by atoms with Crippen LogP contribution >= 0.6 is 0 Å². The van der Waals surface area contributed by atoms with Gasteiger partial charge in [0.25, 0.3) is 0 Å². The molecule has 60 valence electrons. The van der Waals surface area contributed by atoms with E-state index in [0.717, 1.165) is 5.06 Å². The predicted octanol–water partition coefficient (Wildman–Crippen LogP) is -0.949. The first-order valence-electron chi connectivity index (χ1n) is 3.46. The van der Waals surface area contributed by atoms with E-state index in [2.05, 4.69) is 0 Å². The van der Waals surface area contributed by atoms with Crippen LogP contribution in [0.25, 0.3) is 0 Å². The number of aliphatic hydroxyl groups excluding tert-OH is 2. The maximum atomic E-state index is 9.19. The van der Waals surface area contributed by atoms with Gasteiger partial charge in [0.2, 0.25) is 0 Å². The van der Waals surface area contributed by atoms with Gasteiger partial charge in [0.15, 0.2) is 0 Å². The Morgan fingerprint density at radius 1 is 1.50 bits per heavy atom. The Kier molecular flexibility index (Phi) is 2.62. The van der Waals surface area contributed by atoms with Crippen molar-refractivity contribution in [1.82, 2.24) is 5.06 Å². The van der Waals surface area contributed by atoms with Gasteiger partial charge in [-0.2, -0.15) is 5.06 Å². The van der Waals surface area contributed by atoms with Crippen LogP contribution in [0.4, 0.5) is 0 Å². The van der Waals surface area contributed by atoms with E-state index < -0.39 is 6.10 Å². The minimum atomic E-state index is -0.451. The second-order valence-corrected chi connectivity index (χ2v) is 2.71. The standard InChI is InChI=1S/C6H13NO3/c8-4-5-3-7(10)2-1-6(5)9/h5-6,8-10H,1-4H2/t5-,6+/m1/s1. The van der Waals surface area contributed by atoms with Crippen molar-refractivity contribution in [3.63, 3.8) is 0 Å². The largest absolute Gasteiger partial charge is 0.396 e. The molecule has 10 heavy (non-hydrogen) atoms. The number of piperidine rings is 1. The van der Waals surface area contributed by atoms with Gasteiger partial charge in [-0.3, -0.25) is 0 Å². The van der Waals surface area contributed by atoms with Crippen LogP contribution < -0.4 is 0 Å². The van der Waals surface area contributed by atoms with E-state index in [1.165, 1.54) is 0 Å². The van der Waals surface area contributed by atoms with E-state index >= 15 is 0 Å². The molecule has 0 unspecified atom stereocenters. The first-order chi connectivity index (χ1) is 4.74. The Bertz CT molecular complexity index is 109. The van der Waals surface area contributed by atoms with Gasteiger partial charge in [0.1, 0.15) is 0 Å². The van der Waals surface area contributed by atoms with Crippen LogP contribution in [-0.2, 0) is 0 Å². The van der Waals surface area contributed by atoms with Crippen molar-refractivity contribution < 1.29 is 15.4 Å². The van der Waals surface area contributed by atoms with Gasteiger partial charge in [0, 0.05) is 25.6 Å². The Morgan fingerprint density at radius 2 is 2.20 bits per heavy atom. The van der Waals surface area contributed by atoms with Gasteiger partial charge in [-0.15, -0.1) is 0 Å². The van der Waals surface area contributed by atoms with E-state index in [-0.39, 0.29) is 12.5 Å². The lowest BCUT2D eigenvalue weighted by Crippen LogP contribution is -2.42. The third-order valence-electron chi connectivity index (χ3n) is 1.91. The molecule has 3 N–H and O–H groups in total. The van der Waals surface area contributed by atoms with Crippen molar-refractivity contribution in [3.05, 3.63) is 0 Å². The lowest BCUT2D eigenvalue weighted by Gasteiger charge is -2.30. The van der Waals surface area contributed by atoms with Crippen molar-refractivity contribution in [2.75, 3.05) is 19.7 Å². The predicted molar refractivity (Wildman–Crippen MR) is 34.6 cm³/mol. The van der Waals surface area contributed by atoms with Crippen LogP contribution in [0.2, 0.25) is 0 Å². The van der Waals surface area contributed by atoms with Crippen LogP contribution in [-0.4, -0.2) is 46.3 Å². The Labute approximate surface area is 59.7 Å². The van der Waals surface area contributed by atoms with Crippen LogP contribution in [0.15, 0.2) is 0 Å². The number of nitrogens with zero attached hydrogens (tertiary/aromatic N) is 1. The molecule has 1 fully saturated rings. The summed E-state index contributed by atoms with van der Waals surface area (Å²) in [6, 6.07) is 0. The maximum Gasteiger partial charge on any atom is 0.0616 e. The molecule has 0 aromatic heterocycles. The summed E-state index contributed by atoms with van der Waals surface area (Å²) in [7, 11) is 0. The summed E-state index contributed by atoms with van der Waals surface area (Å²) < 4.78 is 0. The Morgan fingerprint density at radius 3 is 2.70 bits per heavy atom. The SMILES string of the molecule is OC[C@H]1CN(O)CC[C@@H]1O. The van der Waals surface area contributed by atoms with Crippen LogP contribution in [0.1, 0.15) is 6.42 Å². The Balaban J connectivity index is 2.38. The molecule has 4 heteroatoms. The summed E-state index contributed by atoms with van der Waals surface area (Å²) in [4.78, 5) is 0. The quantitative estimate of drug-likeness (QED) is 0.447. The second-order valence-electron chi connectivity index (χ2n) is 2.71. The molecule has 0 bridgehead atoms. The Hall–Kier alpha value is -0.160. The van der Waals surface area contributed by atoms with E-state index in [0.29, 0.717) is 19.5 Å². The van der Waals surface area contributed by atoms with E-state index in [9.17, 15) is 5.11 Å². The molecule has 0 radical (unpaired) electrons. The zero-order valence-electron chi connectivity index (χ0n) is 5.77. The minimum absolute atomic E-state index is 0.0573. The van der Waals surface area contributed by atoms with Crippen molar-refractivity contribution in [2.45, 2.75) is 12.5 Å². The normalized spacial score (nSPS) is 36.3. The molecular formula is C6H13NO3. The summed E-state index contributed by atoms with van der Waals surface area (Å²) in [5.74, 6) is -0.182. The van der Waals surface area contributed by atoms with Gasteiger partial charge in [0.05, 0.1) is 6.10 Å². The van der Waals surface area contributed by atoms with Gasteiger partial charge < -0.3 is 15.4 Å². The second kappa shape index (κ2) is 3.30. The monoisotopic (exact) mass is 147 g/mol. The highest BCUT2D eigenvalue weighted by atomic mass is 16.5. The zero-order chi connectivity index (χ0) is 7.56. The number of aliphatic hydroxyl groups is 2. The zero-order valence-corrected chi connectivity index (χ0v) is 5.77. The maximum absolute atomic E-state index is 9.19. The van der Waals surface area contributed by atoms with Crippen molar-refractivity contribution >= 4 is 0 Å². The number of hydrogen-bond acceptors (Lipinski definition) is 4. The third-order valence-corrected chi connectivity index (χ3v) is 1.91. The van der Waals surface area contributed by atoms with E-state index in [1.54, 1.807) is 0 Å². The summed E-state index contributed by atoms with van der Waals surface area (Å²) in [6.07, 6.45) is 0.0928. The van der Waals surface area contributed by atoms with Crippen molar-refractivity contribution in [3.8, 4) is 0 Å². The summed E-state index contributed by atoms with van der Waals surface area (Å²) in [5, 5.41) is 27.9. The summed E-state index contributed by atoms with van der Waals surface area (Å²) in [5.41, 5.74) is 0. The van der Waals surface area contributed by atoms with Gasteiger partial charge >= 0.3 is 0 Å². The molecule has 1 aliphatic rings. The number of rotatable bonds is 1. The molecule has 0 spiro atoms. The van der Waals surface area contributed by atoms with Crippen molar-refractivity contribution in [2.24, 2.45) is 5.92 Å². The summed E-state index contributed by atoms with van der Waals surface area (Å²) in [6.45, 7) is 0.813. The molecule has 1 rings (SSSR count). The number of hydrogen-bond donors (Lipinski definition) is 3. The molecule has 0 saturated carbocycles. The molecule has 4 nitrogen and oxygen atoms in total. The van der Waals surface area contributed by atoms with Gasteiger partial charge in [-0.1, -0.05) is 0 Å². The fourth-order valence-electron chi connectivity index (χ4n) is 1.18. The topological polar surface area (TPSA) is 63.9 Å². The molecule has 0 aromatic carbocycles. The van der Waals surface area contributed by atoms with Crippen molar-refractivity contribution in [1.29, 1.82) is 0 Å². The first-order valence-corrected chi connectivity index (χ1v) is 3.46. The molecule has 0 amide bonds. The number of hydroxylamine groups is 2. The highest BCUT2D eigenvalue weighted by Gasteiger charge is 2.25. The van der Waals surface area contributed by atoms with Crippen LogP contribution in [0, 0.1) is 5.92 Å². The molecule has 1 aliphatic heterocycles. The van der Waals surface area contributed by atoms with E-state index in [4.69, 9.17) is 10.3 Å². The van der Waals surface area contributed by atoms with Gasteiger partial charge in [-0.05, 0) is 6.42 Å². The molecule has 2 atom stereocenters. The smallest absolute Gasteiger partial charge is 0.0616 e. The first kappa shape index (κ1) is 7.94. The molecule has 1 saturated heterocycles. The fraction of sp³-hybridized carbons (Fsp3) is 1.00. The van der Waals surface area contributed by atoms with Crippen LogP contribution in [0.5, 0.6) is 0 Å². The minimum Gasteiger partial charge on any atom is -0.396 e. The highest BCUT2D eigenvalue weighted by molar-refractivity contribution is 4.75. The third kappa shape index (κ3) is 1.67. The molecule has 0 aliphatic carbocycles. The lowest BCUT2D eigenvalue weighted by molar-refractivity contribution is -0.148. The van der Waals surface area contributed by atoms with Gasteiger partial charge in [-0.25, -0.2) is 0 Å². The molecule has 1 heterocycles. The highest BCUT2D eigenvalue weighted by Crippen LogP contribution is 2.14. The fourth-order valence-corrected chi connectivity index (χ4v) is 1.18. The average Bonchev–Trinajstić information content (AvgIpc) is 1.94.